The van der Waals surface area contributed by atoms with Crippen LogP contribution in [0.3, 0.4) is 0 Å². The minimum atomic E-state index is -0.222. The summed E-state index contributed by atoms with van der Waals surface area (Å²) in [5.74, 6) is -0.0164. The Kier molecular flexibility index (Phi) is 4.40. The van der Waals surface area contributed by atoms with Gasteiger partial charge in [0.15, 0.2) is 0 Å². The number of nitrogens with zero attached hydrogens (tertiary/aromatic N) is 1. The highest BCUT2D eigenvalue weighted by atomic mass is 19.1. The number of esters is 1. The smallest absolute Gasteiger partial charge is 0.306 e. The molecule has 2 rings (SSSR count). The molecule has 1 unspecified atom stereocenters. The van der Waals surface area contributed by atoms with Gasteiger partial charge in [0.1, 0.15) is 5.82 Å². The molecule has 1 aromatic rings. The van der Waals surface area contributed by atoms with Gasteiger partial charge in [-0.3, -0.25) is 4.79 Å². The SMILES string of the molecule is CC(C)OC(=O)CC1CCN(c2ccc(F)cc2)C1. The second-order valence-corrected chi connectivity index (χ2v) is 5.32. The Bertz CT molecular complexity index is 430. The zero-order valence-electron chi connectivity index (χ0n) is 11.4. The third-order valence-corrected chi connectivity index (χ3v) is 3.30. The van der Waals surface area contributed by atoms with E-state index in [2.05, 4.69) is 4.90 Å². The van der Waals surface area contributed by atoms with Gasteiger partial charge in [0.25, 0.3) is 0 Å². The van der Waals surface area contributed by atoms with Crippen molar-refractivity contribution < 1.29 is 13.9 Å². The molecular weight excluding hydrogens is 245 g/mol. The Morgan fingerprint density at radius 2 is 2.11 bits per heavy atom. The van der Waals surface area contributed by atoms with Crippen LogP contribution in [0.25, 0.3) is 0 Å². The van der Waals surface area contributed by atoms with Gasteiger partial charge < -0.3 is 9.64 Å². The highest BCUT2D eigenvalue weighted by molar-refractivity contribution is 5.70. The van der Waals surface area contributed by atoms with Crippen LogP contribution in [0.1, 0.15) is 26.7 Å². The molecule has 0 N–H and O–H groups in total. The number of hydrogen-bond donors (Lipinski definition) is 0. The first kappa shape index (κ1) is 13.8. The number of carbonyl (C=O) groups excluding carboxylic acids is 1. The Labute approximate surface area is 113 Å². The number of carbonyl (C=O) groups is 1. The van der Waals surface area contributed by atoms with Crippen LogP contribution < -0.4 is 4.90 Å². The van der Waals surface area contributed by atoms with Crippen LogP contribution in [-0.2, 0) is 9.53 Å². The molecule has 0 spiro atoms. The van der Waals surface area contributed by atoms with Crippen molar-refractivity contribution in [2.45, 2.75) is 32.8 Å². The molecule has 0 radical (unpaired) electrons. The first-order valence-corrected chi connectivity index (χ1v) is 6.74. The van der Waals surface area contributed by atoms with Gasteiger partial charge in [0.05, 0.1) is 12.5 Å². The molecule has 1 heterocycles. The normalized spacial score (nSPS) is 18.9. The average Bonchev–Trinajstić information content (AvgIpc) is 2.77. The summed E-state index contributed by atoms with van der Waals surface area (Å²) in [5.41, 5.74) is 1.01. The fraction of sp³-hybridized carbons (Fsp3) is 0.533. The maximum Gasteiger partial charge on any atom is 0.306 e. The number of anilines is 1. The molecule has 4 heteroatoms. The van der Waals surface area contributed by atoms with Crippen molar-refractivity contribution >= 4 is 11.7 Å². The van der Waals surface area contributed by atoms with Crippen molar-refractivity contribution in [2.75, 3.05) is 18.0 Å². The van der Waals surface area contributed by atoms with Crippen LogP contribution in [0.2, 0.25) is 0 Å². The van der Waals surface area contributed by atoms with E-state index < -0.39 is 0 Å². The zero-order chi connectivity index (χ0) is 13.8. The molecule has 0 bridgehead atoms. The number of ether oxygens (including phenoxy) is 1. The standard InChI is InChI=1S/C15H20FNO2/c1-11(2)19-15(18)9-12-7-8-17(10-12)14-5-3-13(16)4-6-14/h3-6,11-12H,7-10H2,1-2H3. The van der Waals surface area contributed by atoms with E-state index in [0.29, 0.717) is 12.3 Å². The summed E-state index contributed by atoms with van der Waals surface area (Å²) in [4.78, 5) is 13.8. The highest BCUT2D eigenvalue weighted by Crippen LogP contribution is 2.26. The van der Waals surface area contributed by atoms with Crippen LogP contribution in [0.15, 0.2) is 24.3 Å². The monoisotopic (exact) mass is 265 g/mol. The Hall–Kier alpha value is -1.58. The van der Waals surface area contributed by atoms with Crippen molar-refractivity contribution in [1.29, 1.82) is 0 Å². The fourth-order valence-electron chi connectivity index (χ4n) is 2.43. The molecule has 104 valence electrons. The van der Waals surface area contributed by atoms with E-state index >= 15 is 0 Å². The second kappa shape index (κ2) is 6.04. The van der Waals surface area contributed by atoms with Gasteiger partial charge in [-0.05, 0) is 50.5 Å². The zero-order valence-corrected chi connectivity index (χ0v) is 11.4. The molecular formula is C15H20FNO2. The molecule has 1 saturated heterocycles. The van der Waals surface area contributed by atoms with Crippen LogP contribution in [-0.4, -0.2) is 25.2 Å². The Balaban J connectivity index is 1.86. The third-order valence-electron chi connectivity index (χ3n) is 3.30. The molecule has 1 aromatic carbocycles. The van der Waals surface area contributed by atoms with E-state index in [1.54, 1.807) is 12.1 Å². The number of hydrogen-bond acceptors (Lipinski definition) is 3. The Morgan fingerprint density at radius 3 is 2.74 bits per heavy atom. The molecule has 1 atom stereocenters. The van der Waals surface area contributed by atoms with Crippen LogP contribution in [0.5, 0.6) is 0 Å². The van der Waals surface area contributed by atoms with Gasteiger partial charge >= 0.3 is 5.97 Å². The van der Waals surface area contributed by atoms with Gasteiger partial charge in [-0.15, -0.1) is 0 Å². The van der Waals surface area contributed by atoms with Crippen molar-refractivity contribution in [3.05, 3.63) is 30.1 Å². The second-order valence-electron chi connectivity index (χ2n) is 5.32. The van der Waals surface area contributed by atoms with E-state index in [1.807, 2.05) is 13.8 Å². The average molecular weight is 265 g/mol. The molecule has 1 aliphatic heterocycles. The van der Waals surface area contributed by atoms with Gasteiger partial charge in [0, 0.05) is 18.8 Å². The lowest BCUT2D eigenvalue weighted by Gasteiger charge is -2.18. The number of rotatable bonds is 4. The molecule has 3 nitrogen and oxygen atoms in total. The molecule has 19 heavy (non-hydrogen) atoms. The lowest BCUT2D eigenvalue weighted by Crippen LogP contribution is -2.21. The predicted octanol–water partition coefficient (Wildman–Crippen LogP) is 2.99. The quantitative estimate of drug-likeness (QED) is 0.784. The number of benzene rings is 1. The third kappa shape index (κ3) is 3.94. The van der Waals surface area contributed by atoms with Gasteiger partial charge in [-0.2, -0.15) is 0 Å². The minimum Gasteiger partial charge on any atom is -0.463 e. The lowest BCUT2D eigenvalue weighted by atomic mass is 10.1. The summed E-state index contributed by atoms with van der Waals surface area (Å²) in [6, 6.07) is 6.50. The Morgan fingerprint density at radius 1 is 1.42 bits per heavy atom. The van der Waals surface area contributed by atoms with Crippen molar-refractivity contribution in [2.24, 2.45) is 5.92 Å². The summed E-state index contributed by atoms with van der Waals surface area (Å²) in [5, 5.41) is 0. The van der Waals surface area contributed by atoms with E-state index in [4.69, 9.17) is 4.74 Å². The summed E-state index contributed by atoms with van der Waals surface area (Å²) in [6.07, 6.45) is 1.39. The van der Waals surface area contributed by atoms with Gasteiger partial charge in [-0.1, -0.05) is 0 Å². The lowest BCUT2D eigenvalue weighted by molar-refractivity contribution is -0.148. The summed E-state index contributed by atoms with van der Waals surface area (Å²) in [7, 11) is 0. The molecule has 0 aliphatic carbocycles. The summed E-state index contributed by atoms with van der Waals surface area (Å²) < 4.78 is 18.0. The van der Waals surface area contributed by atoms with Gasteiger partial charge in [-0.25, -0.2) is 4.39 Å². The topological polar surface area (TPSA) is 29.5 Å². The molecule has 0 aromatic heterocycles. The van der Waals surface area contributed by atoms with E-state index in [-0.39, 0.29) is 17.9 Å². The predicted molar refractivity (Wildman–Crippen MR) is 72.6 cm³/mol. The van der Waals surface area contributed by atoms with Crippen molar-refractivity contribution in [3.63, 3.8) is 0 Å². The molecule has 1 aliphatic rings. The van der Waals surface area contributed by atoms with Crippen LogP contribution in [0.4, 0.5) is 10.1 Å². The first-order chi connectivity index (χ1) is 9.04. The highest BCUT2D eigenvalue weighted by Gasteiger charge is 2.25. The minimum absolute atomic E-state index is 0.0536. The van der Waals surface area contributed by atoms with E-state index in [1.165, 1.54) is 12.1 Å². The largest absolute Gasteiger partial charge is 0.463 e. The van der Waals surface area contributed by atoms with Crippen molar-refractivity contribution in [1.82, 2.24) is 0 Å². The fourth-order valence-corrected chi connectivity index (χ4v) is 2.43. The molecule has 0 saturated carbocycles. The summed E-state index contributed by atoms with van der Waals surface area (Å²) >= 11 is 0. The molecule has 0 amide bonds. The first-order valence-electron chi connectivity index (χ1n) is 6.74. The summed E-state index contributed by atoms with van der Waals surface area (Å²) in [6.45, 7) is 5.46. The maximum absolute atomic E-state index is 12.9. The van der Waals surface area contributed by atoms with Crippen LogP contribution >= 0.6 is 0 Å². The van der Waals surface area contributed by atoms with Crippen LogP contribution in [0, 0.1) is 11.7 Å². The van der Waals surface area contributed by atoms with E-state index in [9.17, 15) is 9.18 Å². The maximum atomic E-state index is 12.9. The van der Waals surface area contributed by atoms with E-state index in [0.717, 1.165) is 25.2 Å². The van der Waals surface area contributed by atoms with Crippen molar-refractivity contribution in [3.8, 4) is 0 Å². The number of halogens is 1. The van der Waals surface area contributed by atoms with Gasteiger partial charge in [0.2, 0.25) is 0 Å². The molecule has 1 fully saturated rings.